The van der Waals surface area contributed by atoms with Crippen molar-refractivity contribution in [1.29, 1.82) is 0 Å². The van der Waals surface area contributed by atoms with Crippen molar-refractivity contribution in [3.8, 4) is 0 Å². The molecule has 2 aromatic carbocycles. The van der Waals surface area contributed by atoms with Crippen LogP contribution in [0.25, 0.3) is 0 Å². The smallest absolute Gasteiger partial charge is 0.251 e. The van der Waals surface area contributed by atoms with Crippen molar-refractivity contribution in [1.82, 2.24) is 5.32 Å². The number of hydrogen-bond acceptors (Lipinski definition) is 2. The highest BCUT2D eigenvalue weighted by atomic mass is 79.9. The van der Waals surface area contributed by atoms with Crippen molar-refractivity contribution < 1.29 is 9.59 Å². The highest BCUT2D eigenvalue weighted by Gasteiger charge is 2.08. The number of rotatable bonds is 4. The number of carbonyl (C=O) groups excluding carboxylic acids is 2. The predicted octanol–water partition coefficient (Wildman–Crippen LogP) is 3.47. The van der Waals surface area contributed by atoms with E-state index in [0.717, 1.165) is 4.47 Å². The van der Waals surface area contributed by atoms with E-state index in [0.29, 0.717) is 16.3 Å². The van der Waals surface area contributed by atoms with Crippen molar-refractivity contribution in [2.45, 2.75) is 0 Å². The van der Waals surface area contributed by atoms with E-state index in [1.807, 2.05) is 12.1 Å². The SMILES string of the molecule is O=C(CNC(=O)c1ccc(Cl)cc1)Nc1cccc(Br)c1. The molecule has 2 rings (SSSR count). The minimum atomic E-state index is -0.323. The average Bonchev–Trinajstić information content (AvgIpc) is 2.45. The first-order chi connectivity index (χ1) is 10.0. The van der Waals surface area contributed by atoms with E-state index >= 15 is 0 Å². The molecule has 0 saturated carbocycles. The molecule has 0 aliphatic rings. The number of benzene rings is 2. The van der Waals surface area contributed by atoms with Crippen LogP contribution in [0.4, 0.5) is 5.69 Å². The van der Waals surface area contributed by atoms with E-state index in [1.54, 1.807) is 36.4 Å². The monoisotopic (exact) mass is 366 g/mol. The first-order valence-corrected chi connectivity index (χ1v) is 7.31. The molecule has 108 valence electrons. The van der Waals surface area contributed by atoms with Crippen molar-refractivity contribution in [2.75, 3.05) is 11.9 Å². The summed E-state index contributed by atoms with van der Waals surface area (Å²) >= 11 is 9.07. The Hall–Kier alpha value is -1.85. The molecule has 2 amide bonds. The quantitative estimate of drug-likeness (QED) is 0.869. The van der Waals surface area contributed by atoms with Gasteiger partial charge in [0.05, 0.1) is 6.54 Å². The van der Waals surface area contributed by atoms with Crippen LogP contribution in [0.1, 0.15) is 10.4 Å². The standard InChI is InChI=1S/C15H12BrClN2O2/c16-11-2-1-3-13(8-11)19-14(20)9-18-15(21)10-4-6-12(17)7-5-10/h1-8H,9H2,(H,18,21)(H,19,20). The van der Waals surface area contributed by atoms with Crippen LogP contribution in [-0.4, -0.2) is 18.4 Å². The molecule has 21 heavy (non-hydrogen) atoms. The van der Waals surface area contributed by atoms with Gasteiger partial charge < -0.3 is 10.6 Å². The maximum absolute atomic E-state index is 11.8. The molecule has 0 spiro atoms. The molecule has 0 aliphatic heterocycles. The second kappa shape index (κ2) is 7.24. The van der Waals surface area contributed by atoms with Crippen LogP contribution < -0.4 is 10.6 Å². The third-order valence-corrected chi connectivity index (χ3v) is 3.37. The second-order valence-corrected chi connectivity index (χ2v) is 5.60. The largest absolute Gasteiger partial charge is 0.343 e. The number of nitrogens with one attached hydrogen (secondary N) is 2. The molecule has 6 heteroatoms. The third-order valence-electron chi connectivity index (χ3n) is 2.62. The summed E-state index contributed by atoms with van der Waals surface area (Å²) in [7, 11) is 0. The Morgan fingerprint density at radius 2 is 1.81 bits per heavy atom. The Morgan fingerprint density at radius 3 is 2.48 bits per heavy atom. The summed E-state index contributed by atoms with van der Waals surface area (Å²) in [6, 6.07) is 13.7. The highest BCUT2D eigenvalue weighted by molar-refractivity contribution is 9.10. The molecule has 0 radical (unpaired) electrons. The van der Waals surface area contributed by atoms with Crippen LogP contribution in [0.3, 0.4) is 0 Å². The number of carbonyl (C=O) groups is 2. The first kappa shape index (κ1) is 15.5. The molecule has 0 bridgehead atoms. The predicted molar refractivity (Wildman–Crippen MR) is 86.6 cm³/mol. The van der Waals surface area contributed by atoms with Crippen molar-refractivity contribution >= 4 is 45.0 Å². The zero-order valence-corrected chi connectivity index (χ0v) is 13.2. The van der Waals surface area contributed by atoms with Gasteiger partial charge in [-0.3, -0.25) is 9.59 Å². The van der Waals surface area contributed by atoms with Gasteiger partial charge in [0.1, 0.15) is 0 Å². The van der Waals surface area contributed by atoms with E-state index in [1.165, 1.54) is 0 Å². The van der Waals surface area contributed by atoms with E-state index < -0.39 is 0 Å². The van der Waals surface area contributed by atoms with Gasteiger partial charge >= 0.3 is 0 Å². The Labute approximate surface area is 135 Å². The molecule has 0 atom stereocenters. The molecule has 0 heterocycles. The number of anilines is 1. The molecule has 2 aromatic rings. The first-order valence-electron chi connectivity index (χ1n) is 6.14. The Morgan fingerprint density at radius 1 is 1.10 bits per heavy atom. The summed E-state index contributed by atoms with van der Waals surface area (Å²) < 4.78 is 0.866. The van der Waals surface area contributed by atoms with Crippen LogP contribution in [0.15, 0.2) is 53.0 Å². The summed E-state index contributed by atoms with van der Waals surface area (Å²) in [5.41, 5.74) is 1.12. The summed E-state index contributed by atoms with van der Waals surface area (Å²) in [6.45, 7) is -0.103. The molecule has 0 aliphatic carbocycles. The van der Waals surface area contributed by atoms with Gasteiger partial charge in [-0.25, -0.2) is 0 Å². The lowest BCUT2D eigenvalue weighted by atomic mass is 10.2. The number of hydrogen-bond donors (Lipinski definition) is 2. The maximum Gasteiger partial charge on any atom is 0.251 e. The van der Waals surface area contributed by atoms with E-state index in [4.69, 9.17) is 11.6 Å². The fourth-order valence-corrected chi connectivity index (χ4v) is 2.16. The van der Waals surface area contributed by atoms with Gasteiger partial charge in [0.2, 0.25) is 5.91 Å². The lowest BCUT2D eigenvalue weighted by Crippen LogP contribution is -2.32. The molecule has 0 unspecified atom stereocenters. The van der Waals surface area contributed by atoms with Gasteiger partial charge in [0.15, 0.2) is 0 Å². The Kier molecular flexibility index (Phi) is 5.36. The summed E-state index contributed by atoms with van der Waals surface area (Å²) in [6.07, 6.45) is 0. The van der Waals surface area contributed by atoms with Gasteiger partial charge in [-0.2, -0.15) is 0 Å². The average molecular weight is 368 g/mol. The van der Waals surface area contributed by atoms with Crippen LogP contribution >= 0.6 is 27.5 Å². The minimum absolute atomic E-state index is 0.103. The molecule has 0 fully saturated rings. The van der Waals surface area contributed by atoms with Crippen molar-refractivity contribution in [2.24, 2.45) is 0 Å². The van der Waals surface area contributed by atoms with Gasteiger partial charge in [0.25, 0.3) is 5.91 Å². The van der Waals surface area contributed by atoms with Gasteiger partial charge in [0, 0.05) is 20.7 Å². The van der Waals surface area contributed by atoms with E-state index in [2.05, 4.69) is 26.6 Å². The summed E-state index contributed by atoms with van der Waals surface area (Å²) in [5, 5.41) is 5.80. The van der Waals surface area contributed by atoms with Crippen LogP contribution in [0.5, 0.6) is 0 Å². The van der Waals surface area contributed by atoms with E-state index in [-0.39, 0.29) is 18.4 Å². The number of amides is 2. The number of halogens is 2. The van der Waals surface area contributed by atoms with Gasteiger partial charge in [-0.05, 0) is 42.5 Å². The van der Waals surface area contributed by atoms with Gasteiger partial charge in [-0.15, -0.1) is 0 Å². The van der Waals surface area contributed by atoms with Crippen molar-refractivity contribution in [3.63, 3.8) is 0 Å². The zero-order chi connectivity index (χ0) is 15.2. The normalized spacial score (nSPS) is 10.0. The topological polar surface area (TPSA) is 58.2 Å². The van der Waals surface area contributed by atoms with Crippen LogP contribution in [-0.2, 0) is 4.79 Å². The summed E-state index contributed by atoms with van der Waals surface area (Å²) in [4.78, 5) is 23.6. The fraction of sp³-hybridized carbons (Fsp3) is 0.0667. The van der Waals surface area contributed by atoms with Crippen molar-refractivity contribution in [3.05, 3.63) is 63.6 Å². The maximum atomic E-state index is 11.8. The fourth-order valence-electron chi connectivity index (χ4n) is 1.64. The lowest BCUT2D eigenvalue weighted by Gasteiger charge is -2.07. The lowest BCUT2D eigenvalue weighted by molar-refractivity contribution is -0.115. The molecular weight excluding hydrogens is 356 g/mol. The molecule has 4 nitrogen and oxygen atoms in total. The Bertz CT molecular complexity index is 659. The third kappa shape index (κ3) is 4.88. The van der Waals surface area contributed by atoms with Crippen LogP contribution in [0, 0.1) is 0 Å². The van der Waals surface area contributed by atoms with E-state index in [9.17, 15) is 9.59 Å². The van der Waals surface area contributed by atoms with Crippen LogP contribution in [0.2, 0.25) is 5.02 Å². The molecule has 2 N–H and O–H groups in total. The minimum Gasteiger partial charge on any atom is -0.343 e. The second-order valence-electron chi connectivity index (χ2n) is 4.25. The molecule has 0 aromatic heterocycles. The highest BCUT2D eigenvalue weighted by Crippen LogP contribution is 2.15. The zero-order valence-electron chi connectivity index (χ0n) is 10.9. The molecular formula is C15H12BrClN2O2. The van der Waals surface area contributed by atoms with Gasteiger partial charge in [-0.1, -0.05) is 33.6 Å². The summed E-state index contributed by atoms with van der Waals surface area (Å²) in [5.74, 6) is -0.619. The molecule has 0 saturated heterocycles. The Balaban J connectivity index is 1.86.